The molecule has 0 radical (unpaired) electrons. The molecule has 0 saturated carbocycles. The molecule has 34 heavy (non-hydrogen) atoms. The van der Waals surface area contributed by atoms with E-state index < -0.39 is 0 Å². The molecule has 2 aromatic heterocycles. The van der Waals surface area contributed by atoms with Crippen LogP contribution in [-0.2, 0) is 11.3 Å². The number of hydrogen-bond donors (Lipinski definition) is 0. The highest BCUT2D eigenvalue weighted by Crippen LogP contribution is 2.35. The number of aromatic nitrogens is 2. The molecule has 176 valence electrons. The van der Waals surface area contributed by atoms with Crippen molar-refractivity contribution in [3.05, 3.63) is 63.3 Å². The molecule has 0 N–H and O–H groups in total. The van der Waals surface area contributed by atoms with Gasteiger partial charge in [0.05, 0.1) is 26.5 Å². The summed E-state index contributed by atoms with van der Waals surface area (Å²) in [5.74, 6) is 0.192. The fraction of sp³-hybridized carbons (Fsp3) is 0.333. The molecule has 0 bridgehead atoms. The Morgan fingerprint density at radius 3 is 2.50 bits per heavy atom. The highest BCUT2D eigenvalue weighted by atomic mass is 35.5. The van der Waals surface area contributed by atoms with Crippen LogP contribution < -0.4 is 0 Å². The van der Waals surface area contributed by atoms with Gasteiger partial charge in [-0.2, -0.15) is 0 Å². The average Bonchev–Trinajstić information content (AvgIpc) is 3.35. The van der Waals surface area contributed by atoms with Crippen LogP contribution in [0.25, 0.3) is 26.4 Å². The quantitative estimate of drug-likeness (QED) is 0.283. The van der Waals surface area contributed by atoms with Crippen LogP contribution >= 0.6 is 22.9 Å². The van der Waals surface area contributed by atoms with E-state index in [-0.39, 0.29) is 22.4 Å². The number of hydrogen-bond acceptors (Lipinski definition) is 6. The zero-order chi connectivity index (χ0) is 24.0. The van der Waals surface area contributed by atoms with E-state index in [1.807, 2.05) is 43.0 Å². The van der Waals surface area contributed by atoms with E-state index in [4.69, 9.17) is 16.6 Å². The second-order valence-corrected chi connectivity index (χ2v) is 10.2. The number of nitro benzene ring substituents is 1. The molecule has 10 heteroatoms. The van der Waals surface area contributed by atoms with Gasteiger partial charge in [-0.25, -0.2) is 4.98 Å². The number of amides is 1. The Morgan fingerprint density at radius 1 is 1.15 bits per heavy atom. The summed E-state index contributed by atoms with van der Waals surface area (Å²) in [6, 6.07) is 12.6. The first-order valence-corrected chi connectivity index (χ1v) is 12.4. The van der Waals surface area contributed by atoms with Crippen LogP contribution in [0.15, 0.2) is 42.5 Å². The second-order valence-electron chi connectivity index (χ2n) is 8.80. The number of rotatable bonds is 5. The van der Waals surface area contributed by atoms with Gasteiger partial charge in [-0.05, 0) is 18.2 Å². The largest absolute Gasteiger partial charge is 0.340 e. The monoisotopic (exact) mass is 497 g/mol. The topological polar surface area (TPSA) is 84.0 Å². The lowest BCUT2D eigenvalue weighted by Gasteiger charge is -2.35. The number of non-ortho nitro benzene ring substituents is 1. The van der Waals surface area contributed by atoms with Crippen molar-refractivity contribution in [2.75, 3.05) is 26.2 Å². The first-order valence-electron chi connectivity index (χ1n) is 11.2. The van der Waals surface area contributed by atoms with Crippen molar-refractivity contribution >= 4 is 49.7 Å². The maximum atomic E-state index is 12.4. The number of nitrogens with zero attached hydrogens (tertiary/aromatic N) is 5. The molecule has 5 rings (SSSR count). The average molecular weight is 498 g/mol. The lowest BCUT2D eigenvalue weighted by Crippen LogP contribution is -2.49. The van der Waals surface area contributed by atoms with E-state index in [1.165, 1.54) is 17.4 Å². The number of halogens is 1. The Kier molecular flexibility index (Phi) is 6.01. The third-order valence-electron chi connectivity index (χ3n) is 6.21. The number of nitro groups is 1. The Bertz CT molecular complexity index is 1390. The molecule has 1 fully saturated rings. The van der Waals surface area contributed by atoms with Gasteiger partial charge in [-0.3, -0.25) is 24.2 Å². The first-order chi connectivity index (χ1) is 16.3. The summed E-state index contributed by atoms with van der Waals surface area (Å²) in [5, 5.41) is 11.9. The number of piperazine rings is 1. The van der Waals surface area contributed by atoms with Crippen molar-refractivity contribution in [2.45, 2.75) is 20.4 Å². The minimum absolute atomic E-state index is 0.00117. The zero-order valence-corrected chi connectivity index (χ0v) is 20.5. The molecule has 0 spiro atoms. The van der Waals surface area contributed by atoms with Gasteiger partial charge in [0.25, 0.3) is 5.69 Å². The van der Waals surface area contributed by atoms with Gasteiger partial charge < -0.3 is 4.90 Å². The standard InChI is InChI=1S/C24H24ClN5O3S/c1-15(2)23(31)28-11-9-27(10-12-28)14-20-22(16-3-5-17(25)6-4-16)26-24-29(20)19-8-7-18(30(32)33)13-21(19)34-24/h3-8,13,15H,9-12,14H2,1-2H3. The molecule has 0 unspecified atom stereocenters. The van der Waals surface area contributed by atoms with Crippen molar-refractivity contribution < 1.29 is 9.72 Å². The number of carbonyl (C=O) groups excluding carboxylic acids is 1. The number of thiazole rings is 1. The van der Waals surface area contributed by atoms with Crippen molar-refractivity contribution in [1.82, 2.24) is 19.2 Å². The van der Waals surface area contributed by atoms with E-state index >= 15 is 0 Å². The summed E-state index contributed by atoms with van der Waals surface area (Å²) in [6.07, 6.45) is 0. The third-order valence-corrected chi connectivity index (χ3v) is 7.46. The predicted molar refractivity (Wildman–Crippen MR) is 134 cm³/mol. The summed E-state index contributed by atoms with van der Waals surface area (Å²) >= 11 is 7.56. The molecule has 1 amide bonds. The first kappa shape index (κ1) is 22.8. The normalized spacial score (nSPS) is 15.0. The molecule has 2 aromatic carbocycles. The minimum atomic E-state index is -0.375. The van der Waals surface area contributed by atoms with Gasteiger partial charge >= 0.3 is 0 Å². The molecule has 1 saturated heterocycles. The third kappa shape index (κ3) is 4.15. The Balaban J connectivity index is 1.54. The fourth-order valence-corrected chi connectivity index (χ4v) is 5.62. The van der Waals surface area contributed by atoms with Crippen LogP contribution in [0.4, 0.5) is 5.69 Å². The molecule has 3 heterocycles. The van der Waals surface area contributed by atoms with Crippen molar-refractivity contribution in [2.24, 2.45) is 5.92 Å². The predicted octanol–water partition coefficient (Wildman–Crippen LogP) is 5.08. The minimum Gasteiger partial charge on any atom is -0.340 e. The molecule has 1 aliphatic heterocycles. The van der Waals surface area contributed by atoms with E-state index in [9.17, 15) is 14.9 Å². The number of fused-ring (bicyclic) bond motifs is 3. The molecular formula is C24H24ClN5O3S. The Labute approximate surface area is 205 Å². The summed E-state index contributed by atoms with van der Waals surface area (Å²) < 4.78 is 2.94. The van der Waals surface area contributed by atoms with Gasteiger partial charge in [0.1, 0.15) is 0 Å². The van der Waals surface area contributed by atoms with Crippen LogP contribution in [0.2, 0.25) is 5.02 Å². The Morgan fingerprint density at radius 2 is 1.85 bits per heavy atom. The van der Waals surface area contributed by atoms with Crippen LogP contribution in [0.3, 0.4) is 0 Å². The highest BCUT2D eigenvalue weighted by molar-refractivity contribution is 7.23. The number of imidazole rings is 1. The highest BCUT2D eigenvalue weighted by Gasteiger charge is 2.26. The van der Waals surface area contributed by atoms with Crippen molar-refractivity contribution in [3.8, 4) is 11.3 Å². The lowest BCUT2D eigenvalue weighted by atomic mass is 10.1. The second kappa shape index (κ2) is 8.98. The van der Waals surface area contributed by atoms with Gasteiger partial charge in [0.2, 0.25) is 5.91 Å². The molecule has 0 atom stereocenters. The van der Waals surface area contributed by atoms with Gasteiger partial charge in [0.15, 0.2) is 4.96 Å². The number of benzene rings is 2. The SMILES string of the molecule is CC(C)C(=O)N1CCN(Cc2c(-c3ccc(Cl)cc3)nc3sc4cc([N+](=O)[O-])ccc4n23)CC1. The maximum absolute atomic E-state index is 12.4. The fourth-order valence-electron chi connectivity index (χ4n) is 4.42. The molecule has 0 aliphatic carbocycles. The summed E-state index contributed by atoms with van der Waals surface area (Å²) in [7, 11) is 0. The van der Waals surface area contributed by atoms with Crippen molar-refractivity contribution in [3.63, 3.8) is 0 Å². The molecular weight excluding hydrogens is 474 g/mol. The van der Waals surface area contributed by atoms with Gasteiger partial charge in [0, 0.05) is 61.4 Å². The van der Waals surface area contributed by atoms with Crippen molar-refractivity contribution in [1.29, 1.82) is 0 Å². The molecule has 8 nitrogen and oxygen atoms in total. The maximum Gasteiger partial charge on any atom is 0.270 e. The van der Waals surface area contributed by atoms with Crippen LogP contribution in [0, 0.1) is 16.0 Å². The summed E-state index contributed by atoms with van der Waals surface area (Å²) in [6.45, 7) is 7.48. The van der Waals surface area contributed by atoms with E-state index in [0.29, 0.717) is 24.7 Å². The molecule has 1 aliphatic rings. The van der Waals surface area contributed by atoms with E-state index in [0.717, 1.165) is 45.2 Å². The Hall–Kier alpha value is -3.01. The smallest absolute Gasteiger partial charge is 0.270 e. The van der Waals surface area contributed by atoms with E-state index in [2.05, 4.69) is 9.30 Å². The summed E-state index contributed by atoms with van der Waals surface area (Å²) in [5.41, 5.74) is 3.85. The zero-order valence-electron chi connectivity index (χ0n) is 18.9. The summed E-state index contributed by atoms with van der Waals surface area (Å²) in [4.78, 5) is 33.3. The lowest BCUT2D eigenvalue weighted by molar-refractivity contribution is -0.384. The number of carbonyl (C=O) groups is 1. The van der Waals surface area contributed by atoms with Gasteiger partial charge in [-0.1, -0.05) is 48.9 Å². The van der Waals surface area contributed by atoms with Crippen LogP contribution in [0.1, 0.15) is 19.5 Å². The molecule has 4 aromatic rings. The van der Waals surface area contributed by atoms with Gasteiger partial charge in [-0.15, -0.1) is 0 Å². The van der Waals surface area contributed by atoms with Crippen LogP contribution in [0.5, 0.6) is 0 Å². The van der Waals surface area contributed by atoms with Crippen LogP contribution in [-0.4, -0.2) is 56.2 Å². The van der Waals surface area contributed by atoms with E-state index in [1.54, 1.807) is 12.1 Å².